The lowest BCUT2D eigenvalue weighted by Crippen LogP contribution is -2.30. The molecule has 1 fully saturated rings. The van der Waals surface area contributed by atoms with Crippen LogP contribution in [0.15, 0.2) is 35.6 Å². The molecule has 28 heavy (non-hydrogen) atoms. The number of halogens is 1. The maximum absolute atomic E-state index is 14.5. The first-order valence-corrected chi connectivity index (χ1v) is 9.95. The maximum Gasteiger partial charge on any atom is 0.173 e. The molecule has 0 unspecified atom stereocenters. The van der Waals surface area contributed by atoms with Crippen LogP contribution in [-0.4, -0.2) is 28.2 Å². The highest BCUT2D eigenvalue weighted by molar-refractivity contribution is 5.88. The van der Waals surface area contributed by atoms with Crippen LogP contribution >= 0.6 is 0 Å². The van der Waals surface area contributed by atoms with E-state index in [9.17, 15) is 4.39 Å². The minimum atomic E-state index is -0.301. The van der Waals surface area contributed by atoms with Gasteiger partial charge in [0.25, 0.3) is 0 Å². The molecule has 0 radical (unpaired) electrons. The summed E-state index contributed by atoms with van der Waals surface area (Å²) in [5.41, 5.74) is 7.51. The summed E-state index contributed by atoms with van der Waals surface area (Å²) in [7, 11) is 0. The Hall–Kier alpha value is -2.53. The first-order chi connectivity index (χ1) is 13.4. The zero-order chi connectivity index (χ0) is 19.8. The lowest BCUT2D eigenvalue weighted by molar-refractivity contribution is 0.455. The first-order valence-electron chi connectivity index (χ1n) is 9.95. The molecule has 146 valence electrons. The normalized spacial score (nSPS) is 16.1. The molecule has 5 heteroatoms. The van der Waals surface area contributed by atoms with Crippen molar-refractivity contribution in [2.45, 2.75) is 40.5 Å². The van der Waals surface area contributed by atoms with Crippen LogP contribution in [0.4, 0.5) is 10.1 Å². The summed E-state index contributed by atoms with van der Waals surface area (Å²) in [6.07, 6.45) is 6.09. The number of aromatic nitrogens is 2. The van der Waals surface area contributed by atoms with Gasteiger partial charge in [0.1, 0.15) is 0 Å². The Morgan fingerprint density at radius 3 is 2.43 bits per heavy atom. The number of aliphatic imine (C=N–C) groups is 1. The van der Waals surface area contributed by atoms with Crippen LogP contribution in [0.5, 0.6) is 0 Å². The minimum Gasteiger partial charge on any atom is -0.317 e. The molecule has 3 heterocycles. The van der Waals surface area contributed by atoms with Crippen LogP contribution in [0, 0.1) is 32.5 Å². The number of piperidine rings is 1. The fourth-order valence-electron chi connectivity index (χ4n) is 4.14. The Balaban J connectivity index is 1.71. The number of hydrogen-bond donors (Lipinski definition) is 1. The molecule has 0 aliphatic carbocycles. The molecule has 0 amide bonds. The van der Waals surface area contributed by atoms with Gasteiger partial charge in [-0.15, -0.1) is 0 Å². The highest BCUT2D eigenvalue weighted by atomic mass is 19.1. The van der Waals surface area contributed by atoms with E-state index in [0.29, 0.717) is 11.6 Å². The van der Waals surface area contributed by atoms with Crippen molar-refractivity contribution in [3.63, 3.8) is 0 Å². The predicted octanol–water partition coefficient (Wildman–Crippen LogP) is 5.16. The number of aryl methyl sites for hydroxylation is 3. The van der Waals surface area contributed by atoms with Gasteiger partial charge in [-0.25, -0.2) is 9.37 Å². The number of rotatable bonds is 3. The Kier molecular flexibility index (Phi) is 5.02. The fraction of sp³-hybridized carbons (Fsp3) is 0.391. The van der Waals surface area contributed by atoms with E-state index in [1.807, 2.05) is 19.3 Å². The Morgan fingerprint density at radius 1 is 1.07 bits per heavy atom. The zero-order valence-electron chi connectivity index (χ0n) is 17.0. The van der Waals surface area contributed by atoms with Gasteiger partial charge in [0.05, 0.1) is 11.4 Å². The monoisotopic (exact) mass is 378 g/mol. The number of imidazole rings is 1. The van der Waals surface area contributed by atoms with Gasteiger partial charge in [-0.1, -0.05) is 0 Å². The molecular formula is C23H27FN4. The van der Waals surface area contributed by atoms with Crippen molar-refractivity contribution >= 4 is 17.0 Å². The Bertz CT molecular complexity index is 1030. The van der Waals surface area contributed by atoms with Gasteiger partial charge >= 0.3 is 0 Å². The van der Waals surface area contributed by atoms with E-state index in [4.69, 9.17) is 4.99 Å². The van der Waals surface area contributed by atoms with Crippen molar-refractivity contribution in [2.75, 3.05) is 13.1 Å². The molecule has 1 N–H and O–H groups in total. The Morgan fingerprint density at radius 2 is 1.75 bits per heavy atom. The number of nitrogens with one attached hydrogen (secondary N) is 1. The first kappa shape index (κ1) is 18.8. The smallest absolute Gasteiger partial charge is 0.173 e. The molecular weight excluding hydrogens is 351 g/mol. The van der Waals surface area contributed by atoms with Crippen LogP contribution in [0.25, 0.3) is 16.8 Å². The number of pyridine rings is 1. The van der Waals surface area contributed by atoms with Crippen molar-refractivity contribution in [3.8, 4) is 11.1 Å². The summed E-state index contributed by atoms with van der Waals surface area (Å²) in [6.45, 7) is 10.3. The quantitative estimate of drug-likeness (QED) is 0.640. The highest BCUT2D eigenvalue weighted by Crippen LogP contribution is 2.32. The molecule has 0 saturated carbocycles. The topological polar surface area (TPSA) is 41.7 Å². The van der Waals surface area contributed by atoms with Gasteiger partial charge in [0.2, 0.25) is 0 Å². The van der Waals surface area contributed by atoms with E-state index in [0.717, 1.165) is 59.6 Å². The fourth-order valence-corrected chi connectivity index (χ4v) is 4.14. The summed E-state index contributed by atoms with van der Waals surface area (Å²) in [4.78, 5) is 9.23. The molecule has 0 atom stereocenters. The van der Waals surface area contributed by atoms with Crippen LogP contribution in [-0.2, 0) is 0 Å². The molecule has 3 aromatic rings. The number of hydrogen-bond acceptors (Lipinski definition) is 3. The van der Waals surface area contributed by atoms with Crippen molar-refractivity contribution in [1.82, 2.24) is 14.7 Å². The van der Waals surface area contributed by atoms with Crippen LogP contribution in [0.2, 0.25) is 0 Å². The molecule has 2 aromatic heterocycles. The van der Waals surface area contributed by atoms with Crippen LogP contribution in [0.3, 0.4) is 0 Å². The SMILES string of the molecule is CC(=Nc1c(C)cc(-c2cc(F)c3nc(C)cn3c2)cc1C)C1CCNCC1. The average molecular weight is 378 g/mol. The van der Waals surface area contributed by atoms with E-state index in [2.05, 4.69) is 43.2 Å². The second-order valence-corrected chi connectivity index (χ2v) is 7.93. The zero-order valence-corrected chi connectivity index (χ0v) is 17.0. The van der Waals surface area contributed by atoms with E-state index in [1.54, 1.807) is 10.5 Å². The summed E-state index contributed by atoms with van der Waals surface area (Å²) < 4.78 is 16.3. The van der Waals surface area contributed by atoms with Crippen molar-refractivity contribution < 1.29 is 4.39 Å². The van der Waals surface area contributed by atoms with Crippen molar-refractivity contribution in [3.05, 3.63) is 53.2 Å². The van der Waals surface area contributed by atoms with Gasteiger partial charge < -0.3 is 9.72 Å². The molecule has 4 nitrogen and oxygen atoms in total. The summed E-state index contributed by atoms with van der Waals surface area (Å²) in [5, 5.41) is 3.41. The molecule has 1 aliphatic heterocycles. The molecule has 0 bridgehead atoms. The standard InChI is InChI=1S/C23H27FN4/c1-14-9-19(20-11-21(24)23-26-16(3)12-28(23)13-20)10-15(2)22(14)27-17(4)18-5-7-25-8-6-18/h9-13,18,25H,5-8H2,1-4H3. The third kappa shape index (κ3) is 3.59. The van der Waals surface area contributed by atoms with Gasteiger partial charge in [-0.2, -0.15) is 0 Å². The number of nitrogens with zero attached hydrogens (tertiary/aromatic N) is 3. The van der Waals surface area contributed by atoms with E-state index in [-0.39, 0.29) is 5.82 Å². The number of benzene rings is 1. The third-order valence-electron chi connectivity index (χ3n) is 5.67. The molecule has 1 saturated heterocycles. The largest absolute Gasteiger partial charge is 0.317 e. The van der Waals surface area contributed by atoms with E-state index < -0.39 is 0 Å². The maximum atomic E-state index is 14.5. The van der Waals surface area contributed by atoms with Gasteiger partial charge in [0.15, 0.2) is 11.5 Å². The lowest BCUT2D eigenvalue weighted by atomic mass is 9.93. The van der Waals surface area contributed by atoms with Crippen molar-refractivity contribution in [2.24, 2.45) is 10.9 Å². The van der Waals surface area contributed by atoms with Crippen LogP contribution in [0.1, 0.15) is 36.6 Å². The minimum absolute atomic E-state index is 0.301. The average Bonchev–Trinajstić information content (AvgIpc) is 3.06. The van der Waals surface area contributed by atoms with Gasteiger partial charge in [0, 0.05) is 23.7 Å². The van der Waals surface area contributed by atoms with Crippen LogP contribution < -0.4 is 5.32 Å². The third-order valence-corrected chi connectivity index (χ3v) is 5.67. The Labute approximate surface area is 165 Å². The molecule has 4 rings (SSSR count). The predicted molar refractivity (Wildman–Crippen MR) is 113 cm³/mol. The summed E-state index contributed by atoms with van der Waals surface area (Å²) in [6, 6.07) is 5.77. The second kappa shape index (κ2) is 7.47. The van der Waals surface area contributed by atoms with Crippen molar-refractivity contribution in [1.29, 1.82) is 0 Å². The summed E-state index contributed by atoms with van der Waals surface area (Å²) >= 11 is 0. The molecule has 1 aliphatic rings. The van der Waals surface area contributed by atoms with E-state index in [1.165, 1.54) is 5.71 Å². The lowest BCUT2D eigenvalue weighted by Gasteiger charge is -2.23. The molecule has 0 spiro atoms. The van der Waals surface area contributed by atoms with E-state index >= 15 is 0 Å². The number of fused-ring (bicyclic) bond motifs is 1. The van der Waals surface area contributed by atoms with Gasteiger partial charge in [-0.05, 0) is 94.4 Å². The molecule has 1 aromatic carbocycles. The second-order valence-electron chi connectivity index (χ2n) is 7.93. The highest BCUT2D eigenvalue weighted by Gasteiger charge is 2.17. The summed E-state index contributed by atoms with van der Waals surface area (Å²) in [5.74, 6) is 0.255. The van der Waals surface area contributed by atoms with Gasteiger partial charge in [-0.3, -0.25) is 4.99 Å².